The summed E-state index contributed by atoms with van der Waals surface area (Å²) in [5, 5.41) is 0.580. The number of hydrogen-bond donors (Lipinski definition) is 2. The van der Waals surface area contributed by atoms with Crippen LogP contribution < -0.4 is 11.5 Å². The van der Waals surface area contributed by atoms with Crippen LogP contribution in [-0.2, 0) is 0 Å². The molecule has 0 unspecified atom stereocenters. The Morgan fingerprint density at radius 3 is 3.00 bits per heavy atom. The van der Waals surface area contributed by atoms with Crippen LogP contribution in [0.4, 0.5) is 10.8 Å². The lowest BCUT2D eigenvalue weighted by Gasteiger charge is -2.01. The molecule has 3 nitrogen and oxygen atoms in total. The highest BCUT2D eigenvalue weighted by molar-refractivity contribution is 7.99. The fraction of sp³-hybridized carbons (Fsp3) is 0.100. The van der Waals surface area contributed by atoms with E-state index in [0.717, 1.165) is 26.6 Å². The third kappa shape index (κ3) is 2.08. The summed E-state index contributed by atoms with van der Waals surface area (Å²) < 4.78 is 1.04. The molecule has 5 heteroatoms. The fourth-order valence-corrected chi connectivity index (χ4v) is 2.98. The molecule has 0 fully saturated rings. The lowest BCUT2D eigenvalue weighted by atomic mass is 10.3. The van der Waals surface area contributed by atoms with Crippen LogP contribution in [-0.4, -0.2) is 10.7 Å². The van der Waals surface area contributed by atoms with E-state index in [2.05, 4.69) is 11.6 Å². The Hall–Kier alpha value is -1.20. The van der Waals surface area contributed by atoms with Crippen molar-refractivity contribution < 1.29 is 0 Å². The van der Waals surface area contributed by atoms with Crippen LogP contribution in [0.25, 0.3) is 10.2 Å². The van der Waals surface area contributed by atoms with Crippen LogP contribution in [0.3, 0.4) is 0 Å². The Morgan fingerprint density at radius 2 is 2.27 bits per heavy atom. The summed E-state index contributed by atoms with van der Waals surface area (Å²) in [5.74, 6) is 0.843. The second-order valence-electron chi connectivity index (χ2n) is 3.02. The Labute approximate surface area is 96.2 Å². The molecule has 78 valence electrons. The number of nitrogens with two attached hydrogens (primary N) is 2. The summed E-state index contributed by atoms with van der Waals surface area (Å²) in [5.41, 5.74) is 13.2. The van der Waals surface area contributed by atoms with E-state index in [1.54, 1.807) is 11.8 Å². The van der Waals surface area contributed by atoms with Crippen molar-refractivity contribution in [2.75, 3.05) is 17.2 Å². The normalized spacial score (nSPS) is 10.7. The van der Waals surface area contributed by atoms with E-state index in [9.17, 15) is 0 Å². The lowest BCUT2D eigenvalue weighted by molar-refractivity contribution is 1.41. The third-order valence-electron chi connectivity index (χ3n) is 1.86. The molecule has 1 heterocycles. The van der Waals surface area contributed by atoms with E-state index in [-0.39, 0.29) is 0 Å². The second kappa shape index (κ2) is 4.12. The number of benzene rings is 1. The van der Waals surface area contributed by atoms with Gasteiger partial charge in [-0.05, 0) is 12.1 Å². The summed E-state index contributed by atoms with van der Waals surface area (Å²) in [7, 11) is 0. The van der Waals surface area contributed by atoms with Gasteiger partial charge >= 0.3 is 0 Å². The molecule has 15 heavy (non-hydrogen) atoms. The van der Waals surface area contributed by atoms with Gasteiger partial charge in [0, 0.05) is 16.3 Å². The van der Waals surface area contributed by atoms with E-state index < -0.39 is 0 Å². The predicted molar refractivity (Wildman–Crippen MR) is 69.4 cm³/mol. The molecule has 1 aromatic heterocycles. The standard InChI is InChI=1S/C10H11N3S2/c1-2-3-14-7-4-6(11)5-8-9(7)13-10(12)15-8/h2,4-5H,1,3,11H2,(H2,12,13). The number of nitrogen functional groups attached to an aromatic ring is 2. The van der Waals surface area contributed by atoms with Crippen molar-refractivity contribution in [3.05, 3.63) is 24.8 Å². The Bertz CT molecular complexity index is 505. The first kappa shape index (κ1) is 10.3. The summed E-state index contributed by atoms with van der Waals surface area (Å²) in [6.45, 7) is 3.69. The van der Waals surface area contributed by atoms with Crippen molar-refractivity contribution in [1.82, 2.24) is 4.98 Å². The first-order valence-electron chi connectivity index (χ1n) is 4.40. The second-order valence-corrected chi connectivity index (χ2v) is 5.14. The molecular formula is C10H11N3S2. The molecule has 0 radical (unpaired) electrons. The van der Waals surface area contributed by atoms with Crippen molar-refractivity contribution in [2.24, 2.45) is 0 Å². The molecule has 2 aromatic rings. The van der Waals surface area contributed by atoms with Crippen molar-refractivity contribution in [3.63, 3.8) is 0 Å². The maximum Gasteiger partial charge on any atom is 0.181 e. The van der Waals surface area contributed by atoms with Crippen molar-refractivity contribution in [3.8, 4) is 0 Å². The molecule has 0 bridgehead atoms. The number of anilines is 2. The highest BCUT2D eigenvalue weighted by atomic mass is 32.2. The first-order valence-corrected chi connectivity index (χ1v) is 6.20. The van der Waals surface area contributed by atoms with Gasteiger partial charge < -0.3 is 11.5 Å². The number of fused-ring (bicyclic) bond motifs is 1. The maximum atomic E-state index is 5.80. The van der Waals surface area contributed by atoms with Gasteiger partial charge in [-0.25, -0.2) is 4.98 Å². The van der Waals surface area contributed by atoms with Crippen LogP contribution >= 0.6 is 23.1 Å². The number of hydrogen-bond acceptors (Lipinski definition) is 5. The van der Waals surface area contributed by atoms with Crippen LogP contribution in [0.15, 0.2) is 29.7 Å². The van der Waals surface area contributed by atoms with E-state index in [1.807, 2.05) is 18.2 Å². The molecule has 4 N–H and O–H groups in total. The Balaban J connectivity index is 2.54. The molecule has 1 aromatic carbocycles. The molecule has 0 saturated heterocycles. The molecule has 0 saturated carbocycles. The highest BCUT2D eigenvalue weighted by Crippen LogP contribution is 2.34. The number of thiazole rings is 1. The van der Waals surface area contributed by atoms with Crippen molar-refractivity contribution in [2.45, 2.75) is 4.90 Å². The summed E-state index contributed by atoms with van der Waals surface area (Å²) in [6.07, 6.45) is 1.86. The number of rotatable bonds is 3. The van der Waals surface area contributed by atoms with Gasteiger partial charge in [-0.2, -0.15) is 0 Å². The molecule has 0 atom stereocenters. The minimum absolute atomic E-state index is 0.580. The minimum atomic E-state index is 0.580. The molecule has 0 aliphatic heterocycles. The largest absolute Gasteiger partial charge is 0.399 e. The monoisotopic (exact) mass is 237 g/mol. The number of aromatic nitrogens is 1. The predicted octanol–water partition coefficient (Wildman–Crippen LogP) is 2.74. The van der Waals surface area contributed by atoms with Gasteiger partial charge in [0.25, 0.3) is 0 Å². The first-order chi connectivity index (χ1) is 7.20. The number of thioether (sulfide) groups is 1. The third-order valence-corrected chi connectivity index (χ3v) is 3.71. The highest BCUT2D eigenvalue weighted by Gasteiger charge is 2.07. The van der Waals surface area contributed by atoms with E-state index in [0.29, 0.717) is 5.13 Å². The van der Waals surface area contributed by atoms with Gasteiger partial charge in [-0.1, -0.05) is 17.4 Å². The zero-order chi connectivity index (χ0) is 10.8. The Morgan fingerprint density at radius 1 is 1.47 bits per heavy atom. The van der Waals surface area contributed by atoms with E-state index in [1.165, 1.54) is 11.3 Å². The van der Waals surface area contributed by atoms with Crippen LogP contribution in [0.5, 0.6) is 0 Å². The average Bonchev–Trinajstić information content (AvgIpc) is 2.54. The van der Waals surface area contributed by atoms with Crippen LogP contribution in [0.2, 0.25) is 0 Å². The molecule has 2 rings (SSSR count). The smallest absolute Gasteiger partial charge is 0.181 e. The number of nitrogens with zero attached hydrogens (tertiary/aromatic N) is 1. The lowest BCUT2D eigenvalue weighted by Crippen LogP contribution is -1.86. The summed E-state index contributed by atoms with van der Waals surface area (Å²) in [4.78, 5) is 5.36. The van der Waals surface area contributed by atoms with Gasteiger partial charge in [0.15, 0.2) is 5.13 Å². The zero-order valence-corrected chi connectivity index (χ0v) is 9.70. The molecule has 0 aliphatic carbocycles. The summed E-state index contributed by atoms with van der Waals surface area (Å²) in [6, 6.07) is 3.83. The van der Waals surface area contributed by atoms with E-state index in [4.69, 9.17) is 11.5 Å². The maximum absolute atomic E-state index is 5.80. The van der Waals surface area contributed by atoms with Gasteiger partial charge in [0.05, 0.1) is 10.2 Å². The average molecular weight is 237 g/mol. The van der Waals surface area contributed by atoms with Gasteiger partial charge in [-0.3, -0.25) is 0 Å². The van der Waals surface area contributed by atoms with E-state index >= 15 is 0 Å². The van der Waals surface area contributed by atoms with Crippen molar-refractivity contribution in [1.29, 1.82) is 0 Å². The topological polar surface area (TPSA) is 64.9 Å². The minimum Gasteiger partial charge on any atom is -0.399 e. The molecular weight excluding hydrogens is 226 g/mol. The van der Waals surface area contributed by atoms with Crippen molar-refractivity contribution >= 4 is 44.1 Å². The SMILES string of the molecule is C=CCSc1cc(N)cc2sc(N)nc12. The van der Waals surface area contributed by atoms with Gasteiger partial charge in [0.2, 0.25) is 0 Å². The molecule has 0 aliphatic rings. The zero-order valence-electron chi connectivity index (χ0n) is 8.06. The van der Waals surface area contributed by atoms with Gasteiger partial charge in [-0.15, -0.1) is 18.3 Å². The molecule has 0 amide bonds. The Kier molecular flexibility index (Phi) is 2.83. The summed E-state index contributed by atoms with van der Waals surface area (Å²) >= 11 is 3.13. The quantitative estimate of drug-likeness (QED) is 0.489. The van der Waals surface area contributed by atoms with Gasteiger partial charge in [0.1, 0.15) is 0 Å². The fourth-order valence-electron chi connectivity index (χ4n) is 1.29. The molecule has 0 spiro atoms. The van der Waals surface area contributed by atoms with Crippen LogP contribution in [0.1, 0.15) is 0 Å². The van der Waals surface area contributed by atoms with Crippen LogP contribution in [0, 0.1) is 0 Å².